The molecular formula is C9H18N2O3. The van der Waals surface area contributed by atoms with Gasteiger partial charge in [0, 0.05) is 6.54 Å². The van der Waals surface area contributed by atoms with Crippen LogP contribution in [0.5, 0.6) is 0 Å². The van der Waals surface area contributed by atoms with E-state index < -0.39 is 6.04 Å². The summed E-state index contributed by atoms with van der Waals surface area (Å²) in [6.07, 6.45) is 0.779. The van der Waals surface area contributed by atoms with E-state index in [9.17, 15) is 9.59 Å². The number of carbonyl (C=O) groups excluding carboxylic acids is 2. The maximum Gasteiger partial charge on any atom is 0.307 e. The van der Waals surface area contributed by atoms with Gasteiger partial charge in [-0.3, -0.25) is 9.59 Å². The van der Waals surface area contributed by atoms with Gasteiger partial charge in [-0.2, -0.15) is 0 Å². The van der Waals surface area contributed by atoms with Crippen molar-refractivity contribution in [2.24, 2.45) is 5.73 Å². The zero-order valence-electron chi connectivity index (χ0n) is 8.71. The standard InChI is InChI=1S/C9H18N2O3/c1-3-7(10)9(13)11-6-5-8(12)14-4-2/h7H,3-6,10H2,1-2H3,(H,11,13)/t7-/m0/s1. The first-order chi connectivity index (χ1) is 6.61. The van der Waals surface area contributed by atoms with Gasteiger partial charge in [0.2, 0.25) is 5.91 Å². The molecule has 1 atom stereocenters. The second-order valence-corrected chi connectivity index (χ2v) is 2.86. The summed E-state index contributed by atoms with van der Waals surface area (Å²) in [5.41, 5.74) is 5.46. The van der Waals surface area contributed by atoms with Crippen molar-refractivity contribution in [1.82, 2.24) is 5.32 Å². The lowest BCUT2D eigenvalue weighted by Gasteiger charge is -2.09. The Morgan fingerprint density at radius 2 is 2.07 bits per heavy atom. The van der Waals surface area contributed by atoms with E-state index in [1.165, 1.54) is 0 Å². The van der Waals surface area contributed by atoms with Gasteiger partial charge in [0.25, 0.3) is 0 Å². The van der Waals surface area contributed by atoms with Crippen molar-refractivity contribution >= 4 is 11.9 Å². The average molecular weight is 202 g/mol. The molecule has 14 heavy (non-hydrogen) atoms. The second kappa shape index (κ2) is 7.32. The zero-order chi connectivity index (χ0) is 11.0. The van der Waals surface area contributed by atoms with Crippen LogP contribution in [0.4, 0.5) is 0 Å². The van der Waals surface area contributed by atoms with Crippen LogP contribution in [0.15, 0.2) is 0 Å². The smallest absolute Gasteiger partial charge is 0.307 e. The Morgan fingerprint density at radius 1 is 1.43 bits per heavy atom. The predicted molar refractivity (Wildman–Crippen MR) is 52.5 cm³/mol. The van der Waals surface area contributed by atoms with Crippen LogP contribution in [0.1, 0.15) is 26.7 Å². The highest BCUT2D eigenvalue weighted by atomic mass is 16.5. The Labute approximate surface area is 84.0 Å². The van der Waals surface area contributed by atoms with E-state index in [0.29, 0.717) is 13.0 Å². The van der Waals surface area contributed by atoms with E-state index >= 15 is 0 Å². The van der Waals surface area contributed by atoms with Crippen LogP contribution in [0.25, 0.3) is 0 Å². The number of ether oxygens (including phenoxy) is 1. The molecule has 0 aromatic carbocycles. The average Bonchev–Trinajstić information content (AvgIpc) is 2.16. The third-order valence-electron chi connectivity index (χ3n) is 1.71. The van der Waals surface area contributed by atoms with Crippen LogP contribution >= 0.6 is 0 Å². The predicted octanol–water partition coefficient (Wildman–Crippen LogP) is -0.207. The van der Waals surface area contributed by atoms with Crippen LogP contribution in [0, 0.1) is 0 Å². The third kappa shape index (κ3) is 5.53. The van der Waals surface area contributed by atoms with Gasteiger partial charge in [0.15, 0.2) is 0 Å². The molecule has 0 spiro atoms. The van der Waals surface area contributed by atoms with Gasteiger partial charge in [0.05, 0.1) is 19.1 Å². The van der Waals surface area contributed by atoms with Gasteiger partial charge in [0.1, 0.15) is 0 Å². The lowest BCUT2D eigenvalue weighted by molar-refractivity contribution is -0.143. The fourth-order valence-electron chi connectivity index (χ4n) is 0.837. The van der Waals surface area contributed by atoms with Crippen LogP contribution in [0.3, 0.4) is 0 Å². The minimum atomic E-state index is -0.489. The molecule has 0 rings (SSSR count). The topological polar surface area (TPSA) is 81.4 Å². The number of hydrogen-bond acceptors (Lipinski definition) is 4. The highest BCUT2D eigenvalue weighted by molar-refractivity contribution is 5.81. The molecule has 0 saturated carbocycles. The normalized spacial score (nSPS) is 11.9. The Hall–Kier alpha value is -1.10. The number of hydrogen-bond donors (Lipinski definition) is 2. The first kappa shape index (κ1) is 12.9. The minimum Gasteiger partial charge on any atom is -0.466 e. The lowest BCUT2D eigenvalue weighted by Crippen LogP contribution is -2.40. The van der Waals surface area contributed by atoms with Gasteiger partial charge in [-0.25, -0.2) is 0 Å². The van der Waals surface area contributed by atoms with E-state index in [1.807, 2.05) is 6.92 Å². The number of carbonyl (C=O) groups is 2. The van der Waals surface area contributed by atoms with Gasteiger partial charge in [-0.05, 0) is 13.3 Å². The Kier molecular flexibility index (Phi) is 6.74. The fraction of sp³-hybridized carbons (Fsp3) is 0.778. The SMILES string of the molecule is CCOC(=O)CCNC(=O)[C@@H](N)CC. The maximum atomic E-state index is 11.1. The van der Waals surface area contributed by atoms with Crippen molar-refractivity contribution in [3.05, 3.63) is 0 Å². The van der Waals surface area contributed by atoms with Crippen molar-refractivity contribution in [3.8, 4) is 0 Å². The molecule has 0 aromatic heterocycles. The van der Waals surface area contributed by atoms with Crippen LogP contribution < -0.4 is 11.1 Å². The number of nitrogens with two attached hydrogens (primary N) is 1. The molecule has 0 bridgehead atoms. The van der Waals surface area contributed by atoms with E-state index in [2.05, 4.69) is 10.1 Å². The largest absolute Gasteiger partial charge is 0.466 e. The second-order valence-electron chi connectivity index (χ2n) is 2.86. The first-order valence-corrected chi connectivity index (χ1v) is 4.80. The van der Waals surface area contributed by atoms with E-state index in [-0.39, 0.29) is 24.8 Å². The molecule has 0 aliphatic heterocycles. The molecule has 1 amide bonds. The summed E-state index contributed by atoms with van der Waals surface area (Å²) in [6.45, 7) is 4.21. The Morgan fingerprint density at radius 3 is 2.57 bits per heavy atom. The highest BCUT2D eigenvalue weighted by Crippen LogP contribution is 1.88. The molecular weight excluding hydrogens is 184 g/mol. The van der Waals surface area contributed by atoms with Gasteiger partial charge in [-0.15, -0.1) is 0 Å². The summed E-state index contributed by atoms with van der Waals surface area (Å²) in [4.78, 5) is 22.0. The third-order valence-corrected chi connectivity index (χ3v) is 1.71. The summed E-state index contributed by atoms with van der Waals surface area (Å²) < 4.78 is 4.69. The molecule has 0 radical (unpaired) electrons. The van der Waals surface area contributed by atoms with E-state index in [1.54, 1.807) is 6.92 Å². The van der Waals surface area contributed by atoms with Gasteiger partial charge in [-0.1, -0.05) is 6.92 Å². The van der Waals surface area contributed by atoms with Crippen molar-refractivity contribution in [1.29, 1.82) is 0 Å². The van der Waals surface area contributed by atoms with Crippen molar-refractivity contribution in [2.75, 3.05) is 13.2 Å². The van der Waals surface area contributed by atoms with Crippen molar-refractivity contribution in [3.63, 3.8) is 0 Å². The van der Waals surface area contributed by atoms with Crippen LogP contribution in [-0.4, -0.2) is 31.1 Å². The number of esters is 1. The monoisotopic (exact) mass is 202 g/mol. The quantitative estimate of drug-likeness (QED) is 0.584. The molecule has 0 aliphatic rings. The van der Waals surface area contributed by atoms with Gasteiger partial charge >= 0.3 is 5.97 Å². The molecule has 0 aliphatic carbocycles. The van der Waals surface area contributed by atoms with Crippen LogP contribution in [0.2, 0.25) is 0 Å². The first-order valence-electron chi connectivity index (χ1n) is 4.80. The van der Waals surface area contributed by atoms with Crippen molar-refractivity contribution in [2.45, 2.75) is 32.7 Å². The van der Waals surface area contributed by atoms with Gasteiger partial charge < -0.3 is 15.8 Å². The summed E-state index contributed by atoms with van der Waals surface area (Å²) in [6, 6.07) is -0.489. The number of nitrogens with one attached hydrogen (secondary N) is 1. The summed E-state index contributed by atoms with van der Waals surface area (Å²) in [5, 5.41) is 2.56. The van der Waals surface area contributed by atoms with Crippen molar-refractivity contribution < 1.29 is 14.3 Å². The summed E-state index contributed by atoms with van der Waals surface area (Å²) >= 11 is 0. The van der Waals surface area contributed by atoms with Crippen LogP contribution in [-0.2, 0) is 14.3 Å². The molecule has 82 valence electrons. The summed E-state index contributed by atoms with van der Waals surface area (Å²) in [7, 11) is 0. The molecule has 0 unspecified atom stereocenters. The minimum absolute atomic E-state index is 0.190. The molecule has 0 aromatic rings. The summed E-state index contributed by atoms with van der Waals surface area (Å²) in [5.74, 6) is -0.533. The Balaban J connectivity index is 3.54. The Bertz CT molecular complexity index is 194. The molecule has 0 heterocycles. The van der Waals surface area contributed by atoms with E-state index in [4.69, 9.17) is 5.73 Å². The molecule has 5 nitrogen and oxygen atoms in total. The lowest BCUT2D eigenvalue weighted by atomic mass is 10.2. The molecule has 0 fully saturated rings. The zero-order valence-corrected chi connectivity index (χ0v) is 8.71. The van der Waals surface area contributed by atoms with E-state index in [0.717, 1.165) is 0 Å². The highest BCUT2D eigenvalue weighted by Gasteiger charge is 2.10. The number of amides is 1. The fourth-order valence-corrected chi connectivity index (χ4v) is 0.837. The molecule has 0 saturated heterocycles. The molecule has 3 N–H and O–H groups in total. The molecule has 5 heteroatoms. The maximum absolute atomic E-state index is 11.1. The number of rotatable bonds is 6.